The SMILES string of the molecule is CCCCCCCCC(CCCCCC)COC(=O)CCCCCN(CCCCCC(=O)OCC(CCCCCC)CCCCCCCC)CCN(CCCCCCO)C1CCC1. The number of unbranched alkanes of at least 4 members (excludes halogenated alkanes) is 23. The van der Waals surface area contributed by atoms with Gasteiger partial charge in [0.05, 0.1) is 13.2 Å². The Labute approximate surface area is 393 Å². The van der Waals surface area contributed by atoms with Gasteiger partial charge in [0.25, 0.3) is 0 Å². The summed E-state index contributed by atoms with van der Waals surface area (Å²) in [5.41, 5.74) is 0. The molecule has 0 aromatic heterocycles. The van der Waals surface area contributed by atoms with Gasteiger partial charge in [-0.1, -0.05) is 188 Å². The van der Waals surface area contributed by atoms with E-state index in [4.69, 9.17) is 9.47 Å². The third kappa shape index (κ3) is 37.6. The predicted octanol–water partition coefficient (Wildman–Crippen LogP) is 15.6. The second-order valence-corrected chi connectivity index (χ2v) is 20.1. The van der Waals surface area contributed by atoms with Crippen molar-refractivity contribution in [2.24, 2.45) is 11.8 Å². The molecular formula is C56H110N2O5. The Morgan fingerprint density at radius 1 is 0.444 bits per heavy atom. The van der Waals surface area contributed by atoms with Crippen molar-refractivity contribution < 1.29 is 24.2 Å². The Morgan fingerprint density at radius 2 is 0.810 bits per heavy atom. The minimum absolute atomic E-state index is 0.00214. The quantitative estimate of drug-likeness (QED) is 0.0481. The van der Waals surface area contributed by atoms with E-state index in [1.807, 2.05) is 0 Å². The fourth-order valence-corrected chi connectivity index (χ4v) is 9.51. The van der Waals surface area contributed by atoms with Crippen LogP contribution in [0.15, 0.2) is 0 Å². The zero-order valence-corrected chi connectivity index (χ0v) is 42.9. The van der Waals surface area contributed by atoms with Gasteiger partial charge in [-0.3, -0.25) is 14.5 Å². The summed E-state index contributed by atoms with van der Waals surface area (Å²) in [4.78, 5) is 31.2. The van der Waals surface area contributed by atoms with Gasteiger partial charge < -0.3 is 19.5 Å². The molecule has 0 heterocycles. The van der Waals surface area contributed by atoms with Gasteiger partial charge in [-0.15, -0.1) is 0 Å². The normalized spacial score (nSPS) is 14.1. The molecule has 1 aliphatic rings. The van der Waals surface area contributed by atoms with E-state index in [0.717, 1.165) is 83.6 Å². The van der Waals surface area contributed by atoms with Crippen molar-refractivity contribution in [3.05, 3.63) is 0 Å². The van der Waals surface area contributed by atoms with Crippen LogP contribution >= 0.6 is 0 Å². The molecule has 7 heteroatoms. The molecule has 1 N–H and O–H groups in total. The van der Waals surface area contributed by atoms with Crippen molar-refractivity contribution >= 4 is 11.9 Å². The number of aliphatic hydroxyl groups excluding tert-OH is 1. The number of hydrogen-bond acceptors (Lipinski definition) is 7. The Balaban J connectivity index is 2.58. The number of carbonyl (C=O) groups is 2. The molecule has 0 saturated heterocycles. The lowest BCUT2D eigenvalue weighted by Gasteiger charge is -2.39. The lowest BCUT2D eigenvalue weighted by molar-refractivity contribution is -0.146. The minimum Gasteiger partial charge on any atom is -0.465 e. The molecule has 0 aromatic carbocycles. The monoisotopic (exact) mass is 891 g/mol. The summed E-state index contributed by atoms with van der Waals surface area (Å²) in [5.74, 6) is 1.05. The van der Waals surface area contributed by atoms with Gasteiger partial charge in [-0.2, -0.15) is 0 Å². The van der Waals surface area contributed by atoms with Crippen molar-refractivity contribution in [3.63, 3.8) is 0 Å². The van der Waals surface area contributed by atoms with Crippen LogP contribution in [0.5, 0.6) is 0 Å². The summed E-state index contributed by atoms with van der Waals surface area (Å²) in [5, 5.41) is 9.23. The third-order valence-corrected chi connectivity index (χ3v) is 14.2. The fraction of sp³-hybridized carbons (Fsp3) is 0.964. The summed E-state index contributed by atoms with van der Waals surface area (Å²) in [6.45, 7) is 16.2. The summed E-state index contributed by atoms with van der Waals surface area (Å²) in [7, 11) is 0. The van der Waals surface area contributed by atoms with Crippen molar-refractivity contribution in [1.82, 2.24) is 9.80 Å². The number of carbonyl (C=O) groups excluding carboxylic acids is 2. The van der Waals surface area contributed by atoms with Crippen molar-refractivity contribution in [2.45, 2.75) is 284 Å². The van der Waals surface area contributed by atoms with Crippen LogP contribution in [0.1, 0.15) is 278 Å². The topological polar surface area (TPSA) is 79.3 Å². The first kappa shape index (κ1) is 59.8. The lowest BCUT2D eigenvalue weighted by atomic mass is 9.91. The number of rotatable bonds is 50. The number of nitrogens with zero attached hydrogens (tertiary/aromatic N) is 2. The first-order valence-corrected chi connectivity index (χ1v) is 28.4. The van der Waals surface area contributed by atoms with Gasteiger partial charge in [0, 0.05) is 38.6 Å². The molecule has 0 bridgehead atoms. The molecule has 0 amide bonds. The first-order valence-electron chi connectivity index (χ1n) is 28.4. The standard InChI is InChI=1S/C56H110N2O5/c1-5-9-13-17-19-27-38-52(36-25-15-11-7-3)50-62-55(60)42-29-23-31-44-57(47-48-58(54-40-35-41-54)46-33-21-22-34-49-59)45-32-24-30-43-56(61)63-51-53(37-26-16-12-8-4)39-28-20-18-14-10-6-2/h52-54,59H,5-51H2,1-4H3. The van der Waals surface area contributed by atoms with E-state index in [2.05, 4.69) is 37.5 Å². The van der Waals surface area contributed by atoms with Gasteiger partial charge in [0.15, 0.2) is 0 Å². The minimum atomic E-state index is 0.00214. The zero-order valence-electron chi connectivity index (χ0n) is 42.9. The smallest absolute Gasteiger partial charge is 0.305 e. The molecular weight excluding hydrogens is 781 g/mol. The maximum Gasteiger partial charge on any atom is 0.305 e. The molecule has 0 spiro atoms. The molecule has 7 nitrogen and oxygen atoms in total. The highest BCUT2D eigenvalue weighted by molar-refractivity contribution is 5.69. The van der Waals surface area contributed by atoms with E-state index in [9.17, 15) is 14.7 Å². The molecule has 1 rings (SSSR count). The second-order valence-electron chi connectivity index (χ2n) is 20.1. The summed E-state index contributed by atoms with van der Waals surface area (Å²) in [6.07, 6.45) is 46.6. The highest BCUT2D eigenvalue weighted by Gasteiger charge is 2.25. The van der Waals surface area contributed by atoms with E-state index in [-0.39, 0.29) is 11.9 Å². The Hall–Kier alpha value is -1.18. The van der Waals surface area contributed by atoms with Gasteiger partial charge in [-0.25, -0.2) is 0 Å². The third-order valence-electron chi connectivity index (χ3n) is 14.2. The van der Waals surface area contributed by atoms with Crippen molar-refractivity contribution in [1.29, 1.82) is 0 Å². The van der Waals surface area contributed by atoms with E-state index in [1.54, 1.807) is 0 Å². The number of ether oxygens (including phenoxy) is 2. The van der Waals surface area contributed by atoms with Crippen LogP contribution in [-0.2, 0) is 19.1 Å². The second kappa shape index (κ2) is 46.0. The van der Waals surface area contributed by atoms with E-state index in [1.165, 1.54) is 193 Å². The maximum absolute atomic E-state index is 12.9. The number of esters is 2. The molecule has 2 atom stereocenters. The summed E-state index contributed by atoms with van der Waals surface area (Å²) in [6, 6.07) is 0.741. The van der Waals surface area contributed by atoms with Crippen molar-refractivity contribution in [3.8, 4) is 0 Å². The molecule has 1 saturated carbocycles. The zero-order chi connectivity index (χ0) is 45.7. The van der Waals surface area contributed by atoms with Crippen LogP contribution in [0, 0.1) is 11.8 Å². The molecule has 63 heavy (non-hydrogen) atoms. The van der Waals surface area contributed by atoms with Crippen LogP contribution in [0.2, 0.25) is 0 Å². The average Bonchev–Trinajstić information content (AvgIpc) is 3.26. The molecule has 1 aliphatic carbocycles. The van der Waals surface area contributed by atoms with Gasteiger partial charge >= 0.3 is 11.9 Å². The summed E-state index contributed by atoms with van der Waals surface area (Å²) < 4.78 is 11.8. The molecule has 0 aliphatic heterocycles. The molecule has 374 valence electrons. The Kier molecular flexibility index (Phi) is 43.6. The predicted molar refractivity (Wildman–Crippen MR) is 271 cm³/mol. The van der Waals surface area contributed by atoms with Crippen LogP contribution in [0.25, 0.3) is 0 Å². The van der Waals surface area contributed by atoms with E-state index < -0.39 is 0 Å². The number of aliphatic hydroxyl groups is 1. The van der Waals surface area contributed by atoms with Crippen LogP contribution in [0.4, 0.5) is 0 Å². The Morgan fingerprint density at radius 3 is 1.22 bits per heavy atom. The molecule has 0 radical (unpaired) electrons. The molecule has 1 fully saturated rings. The molecule has 0 aromatic rings. The highest BCUT2D eigenvalue weighted by Crippen LogP contribution is 2.26. The van der Waals surface area contributed by atoms with Crippen LogP contribution in [0.3, 0.4) is 0 Å². The maximum atomic E-state index is 12.9. The number of hydrogen-bond donors (Lipinski definition) is 1. The summed E-state index contributed by atoms with van der Waals surface area (Å²) >= 11 is 0. The van der Waals surface area contributed by atoms with E-state index in [0.29, 0.717) is 44.5 Å². The average molecular weight is 892 g/mol. The van der Waals surface area contributed by atoms with Crippen LogP contribution < -0.4 is 0 Å². The fourth-order valence-electron chi connectivity index (χ4n) is 9.51. The lowest BCUT2D eigenvalue weighted by Crippen LogP contribution is -2.45. The van der Waals surface area contributed by atoms with Gasteiger partial charge in [0.2, 0.25) is 0 Å². The van der Waals surface area contributed by atoms with Crippen LogP contribution in [-0.4, -0.2) is 85.4 Å². The first-order chi connectivity index (χ1) is 31.0. The highest BCUT2D eigenvalue weighted by atomic mass is 16.5. The van der Waals surface area contributed by atoms with E-state index >= 15 is 0 Å². The largest absolute Gasteiger partial charge is 0.465 e. The van der Waals surface area contributed by atoms with Gasteiger partial charge in [-0.05, 0) is 109 Å². The molecule has 2 unspecified atom stereocenters. The Bertz CT molecular complexity index is 917. The van der Waals surface area contributed by atoms with Gasteiger partial charge in [0.1, 0.15) is 0 Å². The van der Waals surface area contributed by atoms with Crippen molar-refractivity contribution in [2.75, 3.05) is 52.5 Å².